The quantitative estimate of drug-likeness (QED) is 0.869. The molecule has 4 heteroatoms. The maximum atomic E-state index is 11.0. The highest BCUT2D eigenvalue weighted by Gasteiger charge is 2.03. The van der Waals surface area contributed by atoms with Crippen LogP contribution < -0.4 is 11.1 Å². The van der Waals surface area contributed by atoms with Gasteiger partial charge in [-0.25, -0.2) is 0 Å². The summed E-state index contributed by atoms with van der Waals surface area (Å²) in [5.41, 5.74) is 7.96. The molecular weight excluding hydrogens is 268 g/mol. The molecular formula is C12H15BrN2O. The van der Waals surface area contributed by atoms with Crippen molar-refractivity contribution in [3.05, 3.63) is 46.0 Å². The molecule has 0 unspecified atom stereocenters. The molecule has 0 aliphatic heterocycles. The second-order valence-corrected chi connectivity index (χ2v) is 4.75. The molecule has 0 saturated carbocycles. The molecule has 16 heavy (non-hydrogen) atoms. The third-order valence-electron chi connectivity index (χ3n) is 2.26. The highest BCUT2D eigenvalue weighted by Crippen LogP contribution is 2.11. The number of hydrogen-bond donors (Lipinski definition) is 2. The molecule has 0 bridgehead atoms. The van der Waals surface area contributed by atoms with E-state index in [1.54, 1.807) is 6.07 Å². The third kappa shape index (κ3) is 3.79. The molecule has 86 valence electrons. The van der Waals surface area contributed by atoms with Crippen molar-refractivity contribution in [2.45, 2.75) is 13.5 Å². The first-order chi connectivity index (χ1) is 7.50. The number of carbonyl (C=O) groups is 1. The molecule has 1 amide bonds. The summed E-state index contributed by atoms with van der Waals surface area (Å²) in [6, 6.07) is 5.47. The molecule has 1 rings (SSSR count). The van der Waals surface area contributed by atoms with Gasteiger partial charge in [-0.2, -0.15) is 0 Å². The fraction of sp³-hybridized carbons (Fsp3) is 0.250. The normalized spacial score (nSPS) is 10.1. The lowest BCUT2D eigenvalue weighted by Gasteiger charge is -2.08. The van der Waals surface area contributed by atoms with Crippen LogP contribution in [0.15, 0.2) is 29.3 Å². The van der Waals surface area contributed by atoms with Gasteiger partial charge in [-0.3, -0.25) is 4.79 Å². The van der Waals surface area contributed by atoms with E-state index < -0.39 is 5.91 Å². The number of hydrogen-bond acceptors (Lipinski definition) is 2. The van der Waals surface area contributed by atoms with Crippen LogP contribution in [-0.2, 0) is 6.54 Å². The number of nitrogens with two attached hydrogens (primary N) is 1. The number of nitrogens with one attached hydrogen (secondary N) is 1. The van der Waals surface area contributed by atoms with Gasteiger partial charge in [0.1, 0.15) is 0 Å². The molecule has 0 heterocycles. The molecule has 0 radical (unpaired) electrons. The van der Waals surface area contributed by atoms with E-state index in [2.05, 4.69) is 27.8 Å². The molecule has 0 aliphatic carbocycles. The van der Waals surface area contributed by atoms with Crippen LogP contribution in [0.1, 0.15) is 21.5 Å². The molecule has 0 aromatic heterocycles. The Labute approximate surface area is 104 Å². The second kappa shape index (κ2) is 5.82. The van der Waals surface area contributed by atoms with Crippen molar-refractivity contribution in [2.24, 2.45) is 5.73 Å². The minimum Gasteiger partial charge on any atom is -0.366 e. The van der Waals surface area contributed by atoms with Crippen molar-refractivity contribution in [1.29, 1.82) is 0 Å². The van der Waals surface area contributed by atoms with Gasteiger partial charge in [0, 0.05) is 23.1 Å². The predicted molar refractivity (Wildman–Crippen MR) is 69.5 cm³/mol. The number of halogens is 1. The van der Waals surface area contributed by atoms with Crippen LogP contribution in [0.5, 0.6) is 0 Å². The van der Waals surface area contributed by atoms with Gasteiger partial charge in [-0.1, -0.05) is 28.6 Å². The minimum atomic E-state index is -0.392. The lowest BCUT2D eigenvalue weighted by Crippen LogP contribution is -2.16. The van der Waals surface area contributed by atoms with E-state index in [9.17, 15) is 4.79 Å². The van der Waals surface area contributed by atoms with Crippen LogP contribution in [0.25, 0.3) is 0 Å². The Morgan fingerprint density at radius 2 is 2.25 bits per heavy atom. The van der Waals surface area contributed by atoms with Gasteiger partial charge in [-0.05, 0) is 30.2 Å². The van der Waals surface area contributed by atoms with Gasteiger partial charge in [0.15, 0.2) is 0 Å². The Morgan fingerprint density at radius 1 is 1.56 bits per heavy atom. The van der Waals surface area contributed by atoms with Gasteiger partial charge >= 0.3 is 0 Å². The van der Waals surface area contributed by atoms with Crippen LogP contribution in [0, 0.1) is 6.92 Å². The van der Waals surface area contributed by atoms with Crippen molar-refractivity contribution in [2.75, 3.05) is 6.54 Å². The summed E-state index contributed by atoms with van der Waals surface area (Å²) in [6.07, 6.45) is 0. The smallest absolute Gasteiger partial charge is 0.248 e. The van der Waals surface area contributed by atoms with Gasteiger partial charge in [0.25, 0.3) is 0 Å². The molecule has 0 fully saturated rings. The van der Waals surface area contributed by atoms with E-state index in [0.717, 1.165) is 28.7 Å². The maximum Gasteiger partial charge on any atom is 0.248 e. The van der Waals surface area contributed by atoms with Crippen molar-refractivity contribution in [3.63, 3.8) is 0 Å². The average Bonchev–Trinajstić information content (AvgIpc) is 2.19. The minimum absolute atomic E-state index is 0.392. The standard InChI is InChI=1S/C12H15BrN2O/c1-8-5-10(12(14)16)3-4-11(8)7-15-6-9(2)13/h3-5,15H,2,6-7H2,1H3,(H2,14,16). The topological polar surface area (TPSA) is 55.1 Å². The molecule has 0 atom stereocenters. The fourth-order valence-corrected chi connectivity index (χ4v) is 1.58. The van der Waals surface area contributed by atoms with Crippen molar-refractivity contribution in [3.8, 4) is 0 Å². The van der Waals surface area contributed by atoms with Gasteiger partial charge in [0.2, 0.25) is 5.91 Å². The Bertz CT molecular complexity index is 415. The second-order valence-electron chi connectivity index (χ2n) is 3.63. The van der Waals surface area contributed by atoms with E-state index in [-0.39, 0.29) is 0 Å². The largest absolute Gasteiger partial charge is 0.366 e. The molecule has 3 nitrogen and oxygen atoms in total. The lowest BCUT2D eigenvalue weighted by atomic mass is 10.0. The van der Waals surface area contributed by atoms with E-state index in [1.165, 1.54) is 0 Å². The summed E-state index contributed by atoms with van der Waals surface area (Å²) >= 11 is 3.28. The van der Waals surface area contributed by atoms with Gasteiger partial charge in [-0.15, -0.1) is 0 Å². The number of amides is 1. The summed E-state index contributed by atoms with van der Waals surface area (Å²) in [5.74, 6) is -0.392. The zero-order chi connectivity index (χ0) is 12.1. The van der Waals surface area contributed by atoms with E-state index >= 15 is 0 Å². The van der Waals surface area contributed by atoms with E-state index in [4.69, 9.17) is 5.73 Å². The average molecular weight is 283 g/mol. The molecule has 0 aliphatic rings. The molecule has 1 aromatic carbocycles. The Morgan fingerprint density at radius 3 is 2.75 bits per heavy atom. The summed E-state index contributed by atoms with van der Waals surface area (Å²) in [4.78, 5) is 11.0. The van der Waals surface area contributed by atoms with Crippen molar-refractivity contribution >= 4 is 21.8 Å². The lowest BCUT2D eigenvalue weighted by molar-refractivity contribution is 0.1000. The number of primary amides is 1. The Balaban J connectivity index is 2.68. The fourth-order valence-electron chi connectivity index (χ4n) is 1.38. The highest BCUT2D eigenvalue weighted by atomic mass is 79.9. The highest BCUT2D eigenvalue weighted by molar-refractivity contribution is 9.11. The molecule has 0 spiro atoms. The van der Waals surface area contributed by atoms with Crippen LogP contribution >= 0.6 is 15.9 Å². The molecule has 1 aromatic rings. The van der Waals surface area contributed by atoms with Crippen molar-refractivity contribution < 1.29 is 4.79 Å². The Hall–Kier alpha value is -1.13. The van der Waals surface area contributed by atoms with E-state index in [0.29, 0.717) is 5.56 Å². The van der Waals surface area contributed by atoms with Crippen LogP contribution in [0.2, 0.25) is 0 Å². The first-order valence-corrected chi connectivity index (χ1v) is 5.73. The first-order valence-electron chi connectivity index (χ1n) is 4.94. The van der Waals surface area contributed by atoms with Gasteiger partial charge < -0.3 is 11.1 Å². The zero-order valence-electron chi connectivity index (χ0n) is 9.22. The first kappa shape index (κ1) is 12.9. The predicted octanol–water partition coefficient (Wildman–Crippen LogP) is 2.09. The monoisotopic (exact) mass is 282 g/mol. The number of aryl methyl sites for hydroxylation is 1. The van der Waals surface area contributed by atoms with Crippen LogP contribution in [-0.4, -0.2) is 12.5 Å². The SMILES string of the molecule is C=C(Br)CNCc1ccc(C(N)=O)cc1C. The van der Waals surface area contributed by atoms with Crippen molar-refractivity contribution in [1.82, 2.24) is 5.32 Å². The summed E-state index contributed by atoms with van der Waals surface area (Å²) in [7, 11) is 0. The maximum absolute atomic E-state index is 11.0. The molecule has 3 N–H and O–H groups in total. The Kier molecular flexibility index (Phi) is 4.71. The molecule has 0 saturated heterocycles. The zero-order valence-corrected chi connectivity index (χ0v) is 10.8. The third-order valence-corrected chi connectivity index (χ3v) is 2.54. The van der Waals surface area contributed by atoms with E-state index in [1.807, 2.05) is 19.1 Å². The number of carbonyl (C=O) groups excluding carboxylic acids is 1. The summed E-state index contributed by atoms with van der Waals surface area (Å²) < 4.78 is 0.916. The summed E-state index contributed by atoms with van der Waals surface area (Å²) in [5, 5.41) is 3.23. The number of rotatable bonds is 5. The van der Waals surface area contributed by atoms with Crippen LogP contribution in [0.3, 0.4) is 0 Å². The van der Waals surface area contributed by atoms with Gasteiger partial charge in [0.05, 0.1) is 0 Å². The summed E-state index contributed by atoms with van der Waals surface area (Å²) in [6.45, 7) is 7.17. The number of benzene rings is 1. The van der Waals surface area contributed by atoms with Crippen LogP contribution in [0.4, 0.5) is 0 Å².